The van der Waals surface area contributed by atoms with Gasteiger partial charge >= 0.3 is 12.3 Å². The van der Waals surface area contributed by atoms with Gasteiger partial charge in [0.15, 0.2) is 0 Å². The number of alkyl halides is 3. The number of carbonyl (C=O) groups excluding carboxylic acids is 1. The molecule has 0 bridgehead atoms. The molecule has 1 aliphatic heterocycles. The number of ether oxygens (including phenoxy) is 1. The van der Waals surface area contributed by atoms with Crippen molar-refractivity contribution in [3.05, 3.63) is 59.1 Å². The second-order valence-corrected chi connectivity index (χ2v) is 11.8. The lowest BCUT2D eigenvalue weighted by molar-refractivity contribution is -0.0891. The SMILES string of the molecule is CC/C=C/N=C(C#N)/C=C(\C)CCC.C\C=C(C(/C(C)=N/C=C/CC)=C(/C)N1CCN(C(=O)OC(C)(C)C)C(C)C1)\C(F)(F)F. The monoisotopic (exact) mass is 633 g/mol. The van der Waals surface area contributed by atoms with Crippen LogP contribution in [-0.4, -0.2) is 64.8 Å². The molecule has 1 aliphatic rings. The summed E-state index contributed by atoms with van der Waals surface area (Å²) in [5.74, 6) is 0. The highest BCUT2D eigenvalue weighted by atomic mass is 19.4. The van der Waals surface area contributed by atoms with Crippen LogP contribution in [0.1, 0.15) is 102 Å². The highest BCUT2D eigenvalue weighted by Crippen LogP contribution is 2.35. The van der Waals surface area contributed by atoms with E-state index in [0.29, 0.717) is 36.8 Å². The third-order valence-electron chi connectivity index (χ3n) is 6.62. The molecule has 1 heterocycles. The highest BCUT2D eigenvalue weighted by molar-refractivity contribution is 6.07. The fourth-order valence-corrected chi connectivity index (χ4v) is 4.48. The van der Waals surface area contributed by atoms with Crippen LogP contribution < -0.4 is 0 Å². The Morgan fingerprint density at radius 1 is 1.02 bits per heavy atom. The van der Waals surface area contributed by atoms with Crippen molar-refractivity contribution in [1.82, 2.24) is 9.80 Å². The number of aliphatic imine (C=N–C) groups is 2. The number of halogens is 3. The number of hydrogen-bond acceptors (Lipinski definition) is 6. The minimum absolute atomic E-state index is 0.0775. The molecule has 0 N–H and O–H groups in total. The minimum Gasteiger partial charge on any atom is -0.444 e. The van der Waals surface area contributed by atoms with Crippen LogP contribution in [0.2, 0.25) is 0 Å². The van der Waals surface area contributed by atoms with Crippen molar-refractivity contribution in [2.24, 2.45) is 9.98 Å². The first-order valence-corrected chi connectivity index (χ1v) is 15.7. The predicted molar refractivity (Wildman–Crippen MR) is 180 cm³/mol. The molecule has 0 aliphatic carbocycles. The smallest absolute Gasteiger partial charge is 0.416 e. The molecule has 7 nitrogen and oxygen atoms in total. The number of piperazine rings is 1. The molecule has 45 heavy (non-hydrogen) atoms. The minimum atomic E-state index is -4.50. The Labute approximate surface area is 269 Å². The lowest BCUT2D eigenvalue weighted by Crippen LogP contribution is -2.54. The Balaban J connectivity index is 0.00000116. The van der Waals surface area contributed by atoms with E-state index in [1.165, 1.54) is 18.7 Å². The van der Waals surface area contributed by atoms with Crippen LogP contribution in [0, 0.1) is 11.3 Å². The summed E-state index contributed by atoms with van der Waals surface area (Å²) < 4.78 is 46.8. The van der Waals surface area contributed by atoms with Crippen LogP contribution >= 0.6 is 0 Å². The first kappa shape index (κ1) is 41.4. The van der Waals surface area contributed by atoms with Crippen molar-refractivity contribution >= 4 is 17.5 Å². The number of amides is 1. The molecule has 1 atom stereocenters. The molecule has 1 saturated heterocycles. The summed E-state index contributed by atoms with van der Waals surface area (Å²) in [5, 5.41) is 8.78. The Morgan fingerprint density at radius 3 is 2.04 bits per heavy atom. The van der Waals surface area contributed by atoms with Crippen molar-refractivity contribution in [2.45, 2.75) is 120 Å². The van der Waals surface area contributed by atoms with Crippen LogP contribution in [0.15, 0.2) is 69.1 Å². The van der Waals surface area contributed by atoms with Gasteiger partial charge in [-0.1, -0.05) is 51.0 Å². The van der Waals surface area contributed by atoms with Crippen LogP contribution in [-0.2, 0) is 4.74 Å². The predicted octanol–water partition coefficient (Wildman–Crippen LogP) is 9.72. The molecule has 1 amide bonds. The zero-order valence-corrected chi connectivity index (χ0v) is 29.2. The topological polar surface area (TPSA) is 81.3 Å². The van der Waals surface area contributed by atoms with Gasteiger partial charge in [-0.05, 0) is 80.7 Å². The molecular weight excluding hydrogens is 579 g/mol. The van der Waals surface area contributed by atoms with Crippen LogP contribution in [0.5, 0.6) is 0 Å². The Hall–Kier alpha value is -3.61. The van der Waals surface area contributed by atoms with Gasteiger partial charge in [-0.3, -0.25) is 4.99 Å². The summed E-state index contributed by atoms with van der Waals surface area (Å²) in [6, 6.07) is 1.86. The molecule has 0 aromatic carbocycles. The third-order valence-corrected chi connectivity index (χ3v) is 6.62. The lowest BCUT2D eigenvalue weighted by Gasteiger charge is -2.42. The summed E-state index contributed by atoms with van der Waals surface area (Å²) in [5.41, 5.74) is 1.25. The Morgan fingerprint density at radius 2 is 1.60 bits per heavy atom. The van der Waals surface area contributed by atoms with E-state index in [2.05, 4.69) is 23.0 Å². The van der Waals surface area contributed by atoms with Gasteiger partial charge in [-0.15, -0.1) is 0 Å². The number of rotatable bonds is 10. The molecule has 1 rings (SSSR count). The first-order chi connectivity index (χ1) is 21.0. The molecule has 1 unspecified atom stereocenters. The molecule has 0 aromatic heterocycles. The largest absolute Gasteiger partial charge is 0.444 e. The summed E-state index contributed by atoms with van der Waals surface area (Å²) in [6.45, 7) is 21.2. The summed E-state index contributed by atoms with van der Waals surface area (Å²) in [6.07, 6.45) is 8.79. The Kier molecular flexibility index (Phi) is 18.8. The second kappa shape index (κ2) is 20.4. The molecule has 0 radical (unpaired) electrons. The lowest BCUT2D eigenvalue weighted by atomic mass is 9.97. The standard InChI is InChI=1S/C23H36F3N3O2.C12H18N2/c1-9-11-12-27-17(4)20(19(10-2)23(24,25)26)18(5)28-13-14-29(16(3)15-28)21(30)31-22(6,7)8;1-4-6-8-14-12(10-13)9-11(3)7-5-2/h10-12,16H,9,13-15H2,1-8H3;6,8-9H,4-5,7H2,1-3H3/b12-11+,19-10+,20-18-,27-17+;8-6+,11-9+,14-12-. The van der Waals surface area contributed by atoms with E-state index in [-0.39, 0.29) is 11.6 Å². The van der Waals surface area contributed by atoms with E-state index in [1.807, 2.05) is 44.7 Å². The summed E-state index contributed by atoms with van der Waals surface area (Å²) >= 11 is 0. The molecule has 1 fully saturated rings. The third kappa shape index (κ3) is 15.8. The van der Waals surface area contributed by atoms with Gasteiger partial charge < -0.3 is 14.5 Å². The molecular formula is C35H54F3N5O2. The van der Waals surface area contributed by atoms with Crippen LogP contribution in [0.3, 0.4) is 0 Å². The average molecular weight is 634 g/mol. The fraction of sp³-hybridized carbons (Fsp3) is 0.600. The molecule has 0 spiro atoms. The van der Waals surface area contributed by atoms with E-state index in [4.69, 9.17) is 10.00 Å². The van der Waals surface area contributed by atoms with Gasteiger partial charge in [0, 0.05) is 55.1 Å². The molecule has 0 saturated carbocycles. The number of hydrogen-bond donors (Lipinski definition) is 0. The quantitative estimate of drug-likeness (QED) is 0.177. The van der Waals surface area contributed by atoms with Gasteiger partial charge in [0.25, 0.3) is 0 Å². The van der Waals surface area contributed by atoms with Gasteiger partial charge in [-0.25, -0.2) is 9.79 Å². The van der Waals surface area contributed by atoms with Crippen molar-refractivity contribution < 1.29 is 22.7 Å². The molecule has 0 aromatic rings. The number of carbonyl (C=O) groups is 1. The normalized spacial score (nSPS) is 18.1. The average Bonchev–Trinajstić information content (AvgIpc) is 2.93. The van der Waals surface area contributed by atoms with Gasteiger partial charge in [0.1, 0.15) is 17.4 Å². The van der Waals surface area contributed by atoms with E-state index < -0.39 is 23.4 Å². The maximum atomic E-state index is 13.8. The van der Waals surface area contributed by atoms with Crippen LogP contribution in [0.25, 0.3) is 0 Å². The maximum absolute atomic E-state index is 13.8. The van der Waals surface area contributed by atoms with E-state index >= 15 is 0 Å². The van der Waals surface area contributed by atoms with Crippen LogP contribution in [0.4, 0.5) is 18.0 Å². The maximum Gasteiger partial charge on any atom is 0.416 e. The Bertz CT molecular complexity index is 1210. The van der Waals surface area contributed by atoms with Crippen molar-refractivity contribution in [2.75, 3.05) is 19.6 Å². The highest BCUT2D eigenvalue weighted by Gasteiger charge is 2.38. The first-order valence-electron chi connectivity index (χ1n) is 15.7. The summed E-state index contributed by atoms with van der Waals surface area (Å²) in [4.78, 5) is 24.3. The fourth-order valence-electron chi connectivity index (χ4n) is 4.48. The van der Waals surface area contributed by atoms with E-state index in [0.717, 1.165) is 31.8 Å². The van der Waals surface area contributed by atoms with Crippen molar-refractivity contribution in [1.29, 1.82) is 5.26 Å². The summed E-state index contributed by atoms with van der Waals surface area (Å²) in [7, 11) is 0. The van der Waals surface area contributed by atoms with E-state index in [9.17, 15) is 18.0 Å². The van der Waals surface area contributed by atoms with E-state index in [1.54, 1.807) is 51.8 Å². The number of allylic oxidation sites excluding steroid dienone is 8. The van der Waals surface area contributed by atoms with Gasteiger partial charge in [0.2, 0.25) is 0 Å². The number of nitrogens with zero attached hydrogens (tertiary/aromatic N) is 5. The van der Waals surface area contributed by atoms with Gasteiger partial charge in [-0.2, -0.15) is 18.4 Å². The zero-order valence-electron chi connectivity index (χ0n) is 29.2. The van der Waals surface area contributed by atoms with Gasteiger partial charge in [0.05, 0.1) is 5.57 Å². The van der Waals surface area contributed by atoms with Crippen molar-refractivity contribution in [3.8, 4) is 6.07 Å². The molecule has 10 heteroatoms. The number of nitriles is 1. The molecule has 252 valence electrons. The van der Waals surface area contributed by atoms with Crippen molar-refractivity contribution in [3.63, 3.8) is 0 Å². The zero-order chi connectivity index (χ0) is 34.8. The second-order valence-electron chi connectivity index (χ2n) is 11.8.